The van der Waals surface area contributed by atoms with Crippen molar-refractivity contribution in [3.05, 3.63) is 63.4 Å². The van der Waals surface area contributed by atoms with E-state index in [1.54, 1.807) is 25.4 Å². The zero-order valence-electron chi connectivity index (χ0n) is 17.6. The Morgan fingerprint density at radius 1 is 1.16 bits per heavy atom. The van der Waals surface area contributed by atoms with Gasteiger partial charge in [0, 0.05) is 60.9 Å². The number of hydrogen-bond acceptors (Lipinski definition) is 6. The first-order valence-electron chi connectivity index (χ1n) is 10.2. The van der Waals surface area contributed by atoms with Crippen LogP contribution < -0.4 is 10.5 Å². The fourth-order valence-corrected chi connectivity index (χ4v) is 4.35. The standard InChI is InChI=1S/C22H21ClFN7O/c1-13-9-14(23)10-16(24)22(13)31-19(32)11-17-21(28-31)20(27-26-17)15-12-25-4-3-18(15)30-7-5-29(2)6-8-30/h3-4,9-12,26H,5-8H2,1-2H3. The zero-order chi connectivity index (χ0) is 22.4. The summed E-state index contributed by atoms with van der Waals surface area (Å²) in [4.78, 5) is 21.6. The number of halogens is 2. The van der Waals surface area contributed by atoms with Crippen LogP contribution in [0.2, 0.25) is 5.02 Å². The van der Waals surface area contributed by atoms with Crippen molar-refractivity contribution in [1.29, 1.82) is 0 Å². The Morgan fingerprint density at radius 2 is 1.94 bits per heavy atom. The minimum atomic E-state index is -0.617. The highest BCUT2D eigenvalue weighted by Gasteiger charge is 2.22. The Labute approximate surface area is 188 Å². The zero-order valence-corrected chi connectivity index (χ0v) is 18.4. The maximum absolute atomic E-state index is 14.7. The molecule has 0 saturated carbocycles. The number of nitrogens with one attached hydrogen (secondary N) is 1. The summed E-state index contributed by atoms with van der Waals surface area (Å²) in [5.41, 5.74) is 3.39. The number of aryl methyl sites for hydroxylation is 1. The molecule has 0 atom stereocenters. The van der Waals surface area contributed by atoms with Gasteiger partial charge in [-0.15, -0.1) is 0 Å². The lowest BCUT2D eigenvalue weighted by molar-refractivity contribution is 0.313. The molecule has 1 aromatic carbocycles. The third-order valence-corrected chi connectivity index (χ3v) is 5.99. The molecule has 0 unspecified atom stereocenters. The fourth-order valence-electron chi connectivity index (χ4n) is 4.09. The highest BCUT2D eigenvalue weighted by atomic mass is 35.5. The van der Waals surface area contributed by atoms with Crippen LogP contribution in [0.15, 0.2) is 41.5 Å². The average Bonchev–Trinajstić information content (AvgIpc) is 3.16. The second kappa shape index (κ2) is 7.99. The topological polar surface area (TPSA) is 82.9 Å². The number of likely N-dealkylation sites (N-methyl/N-ethyl adjacent to an activating group) is 1. The largest absolute Gasteiger partial charge is 0.368 e. The first kappa shape index (κ1) is 20.6. The van der Waals surface area contributed by atoms with Gasteiger partial charge in [-0.05, 0) is 37.7 Å². The number of H-pyrrole nitrogens is 1. The maximum atomic E-state index is 14.7. The summed E-state index contributed by atoms with van der Waals surface area (Å²) in [7, 11) is 2.10. The summed E-state index contributed by atoms with van der Waals surface area (Å²) < 4.78 is 15.8. The molecule has 8 nitrogen and oxygen atoms in total. The molecule has 0 spiro atoms. The summed E-state index contributed by atoms with van der Waals surface area (Å²) in [5, 5.41) is 12.1. The number of hydrogen-bond donors (Lipinski definition) is 1. The van der Waals surface area contributed by atoms with Gasteiger partial charge < -0.3 is 9.80 Å². The molecule has 164 valence electrons. The highest BCUT2D eigenvalue weighted by Crippen LogP contribution is 2.33. The first-order chi connectivity index (χ1) is 15.4. The Balaban J connectivity index is 1.67. The lowest BCUT2D eigenvalue weighted by Gasteiger charge is -2.34. The quantitative estimate of drug-likeness (QED) is 0.513. The molecular weight excluding hydrogens is 433 g/mol. The maximum Gasteiger partial charge on any atom is 0.273 e. The van der Waals surface area contributed by atoms with Gasteiger partial charge in [-0.1, -0.05) is 11.6 Å². The molecule has 4 aromatic rings. The van der Waals surface area contributed by atoms with E-state index in [1.165, 1.54) is 12.1 Å². The SMILES string of the molecule is Cc1cc(Cl)cc(F)c1-n1nc2c(-c3cnccc3N3CCN(C)CC3)n[nH]c2cc1=O. The van der Waals surface area contributed by atoms with Gasteiger partial charge in [-0.25, -0.2) is 4.39 Å². The Hall–Kier alpha value is -3.30. The van der Waals surface area contributed by atoms with Crippen molar-refractivity contribution in [2.24, 2.45) is 0 Å². The number of nitrogens with zero attached hydrogens (tertiary/aromatic N) is 6. The van der Waals surface area contributed by atoms with Gasteiger partial charge in [-0.2, -0.15) is 14.9 Å². The van der Waals surface area contributed by atoms with Crippen molar-refractivity contribution >= 4 is 28.3 Å². The molecule has 1 aliphatic heterocycles. The molecule has 1 aliphatic rings. The van der Waals surface area contributed by atoms with Gasteiger partial charge in [0.25, 0.3) is 5.56 Å². The summed E-state index contributed by atoms with van der Waals surface area (Å²) in [6.45, 7) is 5.35. The second-order valence-electron chi connectivity index (χ2n) is 7.97. The first-order valence-corrected chi connectivity index (χ1v) is 10.6. The molecule has 3 aromatic heterocycles. The van der Waals surface area contributed by atoms with Crippen LogP contribution in [-0.4, -0.2) is 63.1 Å². The van der Waals surface area contributed by atoms with Gasteiger partial charge >= 0.3 is 0 Å². The minimum Gasteiger partial charge on any atom is -0.368 e. The smallest absolute Gasteiger partial charge is 0.273 e. The molecule has 5 rings (SSSR count). The van der Waals surface area contributed by atoms with Crippen LogP contribution in [0.5, 0.6) is 0 Å². The number of benzene rings is 1. The Morgan fingerprint density at radius 3 is 2.69 bits per heavy atom. The van der Waals surface area contributed by atoms with Crippen LogP contribution in [0.3, 0.4) is 0 Å². The number of aromatic nitrogens is 5. The van der Waals surface area contributed by atoms with E-state index < -0.39 is 11.4 Å². The highest BCUT2D eigenvalue weighted by molar-refractivity contribution is 6.30. The third-order valence-electron chi connectivity index (χ3n) is 5.77. The number of aromatic amines is 1. The molecule has 0 amide bonds. The van der Waals surface area contributed by atoms with E-state index in [9.17, 15) is 9.18 Å². The summed E-state index contributed by atoms with van der Waals surface area (Å²) >= 11 is 5.96. The molecule has 0 radical (unpaired) electrons. The molecule has 0 aliphatic carbocycles. The van der Waals surface area contributed by atoms with Crippen LogP contribution in [0, 0.1) is 12.7 Å². The van der Waals surface area contributed by atoms with E-state index in [1.807, 2.05) is 6.07 Å². The lowest BCUT2D eigenvalue weighted by atomic mass is 10.1. The predicted molar refractivity (Wildman–Crippen MR) is 122 cm³/mol. The molecule has 10 heteroatoms. The normalized spacial score (nSPS) is 14.9. The van der Waals surface area contributed by atoms with Crippen LogP contribution in [0.1, 0.15) is 5.56 Å². The predicted octanol–water partition coefficient (Wildman–Crippen LogP) is 3.02. The van der Waals surface area contributed by atoms with Gasteiger partial charge in [0.2, 0.25) is 0 Å². The average molecular weight is 454 g/mol. The molecule has 0 bridgehead atoms. The number of rotatable bonds is 3. The lowest BCUT2D eigenvalue weighted by Crippen LogP contribution is -2.44. The van der Waals surface area contributed by atoms with Crippen LogP contribution in [-0.2, 0) is 0 Å². The second-order valence-corrected chi connectivity index (χ2v) is 8.40. The van der Waals surface area contributed by atoms with Gasteiger partial charge in [0.05, 0.1) is 5.52 Å². The Kier molecular flexibility index (Phi) is 5.15. The fraction of sp³-hybridized carbons (Fsp3) is 0.273. The Bertz CT molecular complexity index is 1350. The summed E-state index contributed by atoms with van der Waals surface area (Å²) in [6.07, 6.45) is 3.50. The summed E-state index contributed by atoms with van der Waals surface area (Å²) in [5.74, 6) is -0.617. The monoisotopic (exact) mass is 453 g/mol. The van der Waals surface area contributed by atoms with Gasteiger partial charge in [0.15, 0.2) is 5.82 Å². The molecule has 1 fully saturated rings. The van der Waals surface area contributed by atoms with Crippen LogP contribution in [0.4, 0.5) is 10.1 Å². The molecular formula is C22H21ClFN7O. The van der Waals surface area contributed by atoms with E-state index >= 15 is 0 Å². The number of pyridine rings is 1. The van der Waals surface area contributed by atoms with Crippen LogP contribution >= 0.6 is 11.6 Å². The van der Waals surface area contributed by atoms with E-state index in [4.69, 9.17) is 11.6 Å². The van der Waals surface area contributed by atoms with Crippen molar-refractivity contribution in [3.8, 4) is 16.9 Å². The van der Waals surface area contributed by atoms with E-state index in [2.05, 4.69) is 37.1 Å². The number of piperazine rings is 1. The number of anilines is 1. The van der Waals surface area contributed by atoms with Crippen LogP contribution in [0.25, 0.3) is 28.0 Å². The van der Waals surface area contributed by atoms with Gasteiger partial charge in [-0.3, -0.25) is 14.9 Å². The molecule has 32 heavy (non-hydrogen) atoms. The van der Waals surface area contributed by atoms with Crippen molar-refractivity contribution < 1.29 is 4.39 Å². The third kappa shape index (κ3) is 3.53. The van der Waals surface area contributed by atoms with Crippen molar-refractivity contribution in [3.63, 3.8) is 0 Å². The molecule has 4 heterocycles. The van der Waals surface area contributed by atoms with Crippen molar-refractivity contribution in [1.82, 2.24) is 29.9 Å². The van der Waals surface area contributed by atoms with E-state index in [0.717, 1.165) is 42.1 Å². The van der Waals surface area contributed by atoms with E-state index in [0.29, 0.717) is 22.3 Å². The van der Waals surface area contributed by atoms with Crippen molar-refractivity contribution in [2.45, 2.75) is 6.92 Å². The van der Waals surface area contributed by atoms with Gasteiger partial charge in [0.1, 0.15) is 16.9 Å². The number of fused-ring (bicyclic) bond motifs is 1. The van der Waals surface area contributed by atoms with E-state index in [-0.39, 0.29) is 10.7 Å². The minimum absolute atomic E-state index is 0.0685. The molecule has 1 N–H and O–H groups in total. The molecule has 1 saturated heterocycles. The summed E-state index contributed by atoms with van der Waals surface area (Å²) in [6, 6.07) is 6.10. The van der Waals surface area contributed by atoms with Crippen molar-refractivity contribution in [2.75, 3.05) is 38.1 Å².